The van der Waals surface area contributed by atoms with Crippen LogP contribution in [-0.4, -0.2) is 33.8 Å². The zero-order valence-electron chi connectivity index (χ0n) is 16.4. The molecule has 0 aromatic rings. The third-order valence-electron chi connectivity index (χ3n) is 3.42. The van der Waals surface area contributed by atoms with E-state index < -0.39 is 8.65 Å². The summed E-state index contributed by atoms with van der Waals surface area (Å²) in [5.41, 5.74) is 0. The molecule has 0 bridgehead atoms. The average Bonchev–Trinajstić information content (AvgIpc) is 2.52. The van der Waals surface area contributed by atoms with Crippen molar-refractivity contribution in [2.45, 2.75) is 74.9 Å². The highest BCUT2D eigenvalue weighted by Gasteiger charge is 2.25. The zero-order chi connectivity index (χ0) is 20.1. The maximum Gasteiger partial charge on any atom is 0.322 e. The molecule has 6 heteroatoms. The molecule has 0 amide bonds. The molecule has 0 aliphatic carbocycles. The molecule has 0 fully saturated rings. The van der Waals surface area contributed by atoms with Gasteiger partial charge in [0, 0.05) is 0 Å². The molecule has 0 spiro atoms. The van der Waals surface area contributed by atoms with Crippen LogP contribution in [0.5, 0.6) is 0 Å². The number of unbranched alkanes of at least 4 members (excludes halogenated alkanes) is 5. The van der Waals surface area contributed by atoms with Crippen LogP contribution < -0.4 is 0 Å². The van der Waals surface area contributed by atoms with E-state index in [0.29, 0.717) is 13.2 Å². The normalized spacial score (nSPS) is 12.7. The molecule has 0 heterocycles. The fraction of sp³-hybridized carbons (Fsp3) is 0.700. The molecule has 0 aliphatic rings. The van der Waals surface area contributed by atoms with Crippen LogP contribution in [0.2, 0.25) is 0 Å². The van der Waals surface area contributed by atoms with E-state index in [0.717, 1.165) is 25.7 Å². The van der Waals surface area contributed by atoms with Crippen molar-refractivity contribution in [3.05, 3.63) is 24.3 Å². The van der Waals surface area contributed by atoms with Crippen molar-refractivity contribution in [2.75, 3.05) is 13.2 Å². The maximum atomic E-state index is 11.5. The number of hydrogen-bond donors (Lipinski definition) is 0. The SMILES string of the molecule is CC(C)(Br)C(=O)OC/C=C/CCCCCC/C=C/COC(=O)C(C)(C)Br. The van der Waals surface area contributed by atoms with E-state index in [9.17, 15) is 9.59 Å². The smallest absolute Gasteiger partial charge is 0.322 e. The Hall–Kier alpha value is -0.620. The van der Waals surface area contributed by atoms with E-state index in [1.807, 2.05) is 12.2 Å². The van der Waals surface area contributed by atoms with Crippen molar-refractivity contribution in [3.8, 4) is 0 Å². The highest BCUT2D eigenvalue weighted by Crippen LogP contribution is 2.18. The number of carbonyl (C=O) groups excluding carboxylic acids is 2. The lowest BCUT2D eigenvalue weighted by molar-refractivity contribution is -0.144. The minimum absolute atomic E-state index is 0.249. The van der Waals surface area contributed by atoms with Gasteiger partial charge < -0.3 is 9.47 Å². The summed E-state index contributed by atoms with van der Waals surface area (Å²) >= 11 is 6.54. The fourth-order valence-corrected chi connectivity index (χ4v) is 2.07. The van der Waals surface area contributed by atoms with E-state index in [1.165, 1.54) is 12.8 Å². The molecule has 0 unspecified atom stereocenters. The number of halogens is 2. The highest BCUT2D eigenvalue weighted by molar-refractivity contribution is 9.10. The van der Waals surface area contributed by atoms with Gasteiger partial charge in [-0.05, 0) is 53.4 Å². The summed E-state index contributed by atoms with van der Waals surface area (Å²) in [6, 6.07) is 0. The van der Waals surface area contributed by atoms with Crippen molar-refractivity contribution < 1.29 is 19.1 Å². The lowest BCUT2D eigenvalue weighted by atomic mass is 10.1. The van der Waals surface area contributed by atoms with Gasteiger partial charge in [0.15, 0.2) is 0 Å². The Labute approximate surface area is 175 Å². The minimum Gasteiger partial charge on any atom is -0.460 e. The summed E-state index contributed by atoms with van der Waals surface area (Å²) in [6.07, 6.45) is 14.6. The van der Waals surface area contributed by atoms with E-state index in [-0.39, 0.29) is 11.9 Å². The first-order chi connectivity index (χ1) is 12.0. The molecule has 0 aliphatic heterocycles. The predicted octanol–water partition coefficient (Wildman–Crippen LogP) is 5.87. The van der Waals surface area contributed by atoms with Gasteiger partial charge in [-0.15, -0.1) is 0 Å². The van der Waals surface area contributed by atoms with Gasteiger partial charge in [0.05, 0.1) is 0 Å². The van der Waals surface area contributed by atoms with Crippen molar-refractivity contribution in [2.24, 2.45) is 0 Å². The van der Waals surface area contributed by atoms with Crippen molar-refractivity contribution in [1.82, 2.24) is 0 Å². The fourth-order valence-electron chi connectivity index (χ4n) is 1.84. The molecule has 4 nitrogen and oxygen atoms in total. The molecular weight excluding hydrogens is 464 g/mol. The molecule has 0 N–H and O–H groups in total. The van der Waals surface area contributed by atoms with Crippen LogP contribution in [0, 0.1) is 0 Å². The second-order valence-corrected chi connectivity index (χ2v) is 11.0. The molecular formula is C20H32Br2O4. The summed E-state index contributed by atoms with van der Waals surface area (Å²) in [5, 5.41) is 0. The lowest BCUT2D eigenvalue weighted by Gasteiger charge is -2.13. The van der Waals surface area contributed by atoms with Crippen molar-refractivity contribution >= 4 is 43.8 Å². The molecule has 150 valence electrons. The Balaban J connectivity index is 3.49. The third-order valence-corrected chi connectivity index (χ3v) is 4.06. The summed E-state index contributed by atoms with van der Waals surface area (Å²) in [6.45, 7) is 7.73. The van der Waals surface area contributed by atoms with Gasteiger partial charge >= 0.3 is 11.9 Å². The Morgan fingerprint density at radius 2 is 1.04 bits per heavy atom. The van der Waals surface area contributed by atoms with Crippen molar-refractivity contribution in [3.63, 3.8) is 0 Å². The summed E-state index contributed by atoms with van der Waals surface area (Å²) in [7, 11) is 0. The van der Waals surface area contributed by atoms with Gasteiger partial charge in [0.2, 0.25) is 0 Å². The molecule has 0 atom stereocenters. The molecule has 0 rings (SSSR count). The van der Waals surface area contributed by atoms with Crippen LogP contribution in [0.4, 0.5) is 0 Å². The molecule has 0 radical (unpaired) electrons. The van der Waals surface area contributed by atoms with Gasteiger partial charge in [-0.25, -0.2) is 0 Å². The Morgan fingerprint density at radius 3 is 1.35 bits per heavy atom. The van der Waals surface area contributed by atoms with E-state index in [4.69, 9.17) is 9.47 Å². The first-order valence-electron chi connectivity index (χ1n) is 9.07. The van der Waals surface area contributed by atoms with Crippen LogP contribution in [0.1, 0.15) is 66.2 Å². The third kappa shape index (κ3) is 14.5. The van der Waals surface area contributed by atoms with Gasteiger partial charge in [-0.1, -0.05) is 69.0 Å². The first kappa shape index (κ1) is 25.4. The number of alkyl halides is 2. The highest BCUT2D eigenvalue weighted by atomic mass is 79.9. The van der Waals surface area contributed by atoms with E-state index in [1.54, 1.807) is 27.7 Å². The van der Waals surface area contributed by atoms with Crippen molar-refractivity contribution in [1.29, 1.82) is 0 Å². The van der Waals surface area contributed by atoms with Gasteiger partial charge in [-0.3, -0.25) is 9.59 Å². The van der Waals surface area contributed by atoms with Crippen LogP contribution in [0.3, 0.4) is 0 Å². The van der Waals surface area contributed by atoms with Crippen LogP contribution in [-0.2, 0) is 19.1 Å². The monoisotopic (exact) mass is 494 g/mol. The van der Waals surface area contributed by atoms with Gasteiger partial charge in [0.25, 0.3) is 0 Å². The number of esters is 2. The molecule has 0 aromatic carbocycles. The van der Waals surface area contributed by atoms with Crippen LogP contribution >= 0.6 is 31.9 Å². The quantitative estimate of drug-likeness (QED) is 0.139. The number of carbonyl (C=O) groups is 2. The topological polar surface area (TPSA) is 52.6 Å². The zero-order valence-corrected chi connectivity index (χ0v) is 19.5. The summed E-state index contributed by atoms with van der Waals surface area (Å²) < 4.78 is 8.99. The Morgan fingerprint density at radius 1 is 0.692 bits per heavy atom. The number of allylic oxidation sites excluding steroid dienone is 2. The number of ether oxygens (including phenoxy) is 2. The average molecular weight is 496 g/mol. The molecule has 0 saturated carbocycles. The Kier molecular flexibility index (Phi) is 13.2. The van der Waals surface area contributed by atoms with Gasteiger partial charge in [0.1, 0.15) is 21.9 Å². The standard InChI is InChI=1S/C20H32Br2O4/c1-19(2,21)17(23)25-15-13-11-9-7-5-6-8-10-12-14-16-26-18(24)20(3,4)22/h11-14H,5-10,15-16H2,1-4H3/b13-11+,14-12+. The molecule has 0 aromatic heterocycles. The van der Waals surface area contributed by atoms with E-state index in [2.05, 4.69) is 44.0 Å². The second-order valence-electron chi connectivity index (χ2n) is 7.08. The number of hydrogen-bond acceptors (Lipinski definition) is 4. The van der Waals surface area contributed by atoms with Crippen LogP contribution in [0.15, 0.2) is 24.3 Å². The lowest BCUT2D eigenvalue weighted by Crippen LogP contribution is -2.26. The first-order valence-corrected chi connectivity index (χ1v) is 10.7. The summed E-state index contributed by atoms with van der Waals surface area (Å²) in [5.74, 6) is -0.498. The molecule has 26 heavy (non-hydrogen) atoms. The largest absolute Gasteiger partial charge is 0.460 e. The second kappa shape index (κ2) is 13.5. The molecule has 0 saturated heterocycles. The van der Waals surface area contributed by atoms with E-state index >= 15 is 0 Å². The summed E-state index contributed by atoms with van der Waals surface area (Å²) in [4.78, 5) is 23.0. The van der Waals surface area contributed by atoms with Crippen LogP contribution in [0.25, 0.3) is 0 Å². The number of rotatable bonds is 13. The maximum absolute atomic E-state index is 11.5. The predicted molar refractivity (Wildman–Crippen MR) is 114 cm³/mol. The Bertz CT molecular complexity index is 427. The minimum atomic E-state index is -0.624. The van der Waals surface area contributed by atoms with Gasteiger partial charge in [-0.2, -0.15) is 0 Å².